The van der Waals surface area contributed by atoms with Crippen molar-refractivity contribution in [3.8, 4) is 0 Å². The number of para-hydroxylation sites is 1. The summed E-state index contributed by atoms with van der Waals surface area (Å²) in [5.41, 5.74) is 4.58. The predicted octanol–water partition coefficient (Wildman–Crippen LogP) is 7.58. The van der Waals surface area contributed by atoms with E-state index in [9.17, 15) is 9.59 Å². The average molecular weight is 560 g/mol. The monoisotopic (exact) mass is 559 g/mol. The van der Waals surface area contributed by atoms with Crippen molar-refractivity contribution in [2.75, 3.05) is 29.4 Å². The normalized spacial score (nSPS) is 18.7. The molecule has 1 saturated heterocycles. The molecule has 2 amide bonds. The molecular weight excluding hydrogens is 518 g/mol. The first-order valence-electron chi connectivity index (χ1n) is 15.6. The van der Waals surface area contributed by atoms with Crippen LogP contribution >= 0.6 is 0 Å². The average Bonchev–Trinajstić information content (AvgIpc) is 3.42. The topological polar surface area (TPSA) is 43.9 Å². The summed E-state index contributed by atoms with van der Waals surface area (Å²) in [5, 5.41) is 2.16. The maximum atomic E-state index is 14.2. The van der Waals surface area contributed by atoms with Crippen molar-refractivity contribution in [1.82, 2.24) is 4.90 Å². The first-order chi connectivity index (χ1) is 20.7. The number of benzene rings is 4. The zero-order valence-electron chi connectivity index (χ0n) is 24.5. The van der Waals surface area contributed by atoms with E-state index in [4.69, 9.17) is 0 Å². The van der Waals surface area contributed by atoms with Crippen molar-refractivity contribution in [3.63, 3.8) is 0 Å². The molecule has 0 radical (unpaired) electrons. The molecular formula is C37H41N3O2. The Balaban J connectivity index is 1.26. The van der Waals surface area contributed by atoms with Gasteiger partial charge in [0.1, 0.15) is 0 Å². The zero-order valence-corrected chi connectivity index (χ0v) is 24.5. The summed E-state index contributed by atoms with van der Waals surface area (Å²) in [5.74, 6) is -0.199. The molecule has 4 aromatic rings. The summed E-state index contributed by atoms with van der Waals surface area (Å²) in [7, 11) is 0. The summed E-state index contributed by atoms with van der Waals surface area (Å²) >= 11 is 0. The molecule has 5 nitrogen and oxygen atoms in total. The largest absolute Gasteiger partial charge is 0.367 e. The van der Waals surface area contributed by atoms with Gasteiger partial charge in [-0.1, -0.05) is 111 Å². The standard InChI is InChI=1S/C37H41N3O2/c41-36-25-32(28-40(36)35-22-14-19-30-17-8-10-20-33(30)35)37(42)39-24-13-4-2-1-3-12-23-38(26-29-15-6-5-7-16-29)34-21-11-9-18-31(34)27-39/h5-11,14-22,32H,1-4,12-13,23-28H2. The highest BCUT2D eigenvalue weighted by atomic mass is 16.2. The third-order valence-corrected chi connectivity index (χ3v) is 8.86. The fourth-order valence-electron chi connectivity index (χ4n) is 6.63. The lowest BCUT2D eigenvalue weighted by molar-refractivity contribution is -0.136. The molecule has 0 aliphatic carbocycles. The third-order valence-electron chi connectivity index (χ3n) is 8.86. The van der Waals surface area contributed by atoms with Crippen LogP contribution in [0.4, 0.5) is 11.4 Å². The Hall–Kier alpha value is -4.12. The molecule has 0 N–H and O–H groups in total. The Morgan fingerprint density at radius 3 is 2.21 bits per heavy atom. The molecule has 1 fully saturated rings. The lowest BCUT2D eigenvalue weighted by Crippen LogP contribution is -2.38. The van der Waals surface area contributed by atoms with Gasteiger partial charge < -0.3 is 14.7 Å². The molecule has 216 valence electrons. The first kappa shape index (κ1) is 28.0. The number of hydrogen-bond donors (Lipinski definition) is 0. The summed E-state index contributed by atoms with van der Waals surface area (Å²) < 4.78 is 0. The number of anilines is 2. The molecule has 0 saturated carbocycles. The third kappa shape index (κ3) is 6.35. The van der Waals surface area contributed by atoms with Gasteiger partial charge in [0.05, 0.1) is 11.6 Å². The van der Waals surface area contributed by atoms with Crippen LogP contribution in [0.1, 0.15) is 56.1 Å². The van der Waals surface area contributed by atoms with E-state index in [0.29, 0.717) is 13.1 Å². The van der Waals surface area contributed by atoms with E-state index in [-0.39, 0.29) is 24.2 Å². The lowest BCUT2D eigenvalue weighted by atomic mass is 10.0. The number of carbonyl (C=O) groups is 2. The SMILES string of the molecule is O=C(C1CC(=O)N(c2cccc3ccccc23)C1)N1CCCCCCCCN(Cc2ccccc2)c2ccccc2C1. The van der Waals surface area contributed by atoms with Gasteiger partial charge in [-0.25, -0.2) is 0 Å². The minimum absolute atomic E-state index is 0.0324. The Labute approximate surface area is 249 Å². The molecule has 5 heteroatoms. The van der Waals surface area contributed by atoms with Crippen molar-refractivity contribution >= 4 is 34.0 Å². The highest BCUT2D eigenvalue weighted by Gasteiger charge is 2.38. The van der Waals surface area contributed by atoms with Gasteiger partial charge >= 0.3 is 0 Å². The summed E-state index contributed by atoms with van der Waals surface area (Å²) in [6, 6.07) is 33.5. The van der Waals surface area contributed by atoms with Crippen LogP contribution in [0.3, 0.4) is 0 Å². The summed E-state index contributed by atoms with van der Waals surface area (Å²) in [6.07, 6.45) is 7.21. The molecule has 42 heavy (non-hydrogen) atoms. The molecule has 0 bridgehead atoms. The number of amides is 2. The maximum Gasteiger partial charge on any atom is 0.228 e. The van der Waals surface area contributed by atoms with E-state index in [1.807, 2.05) is 34.1 Å². The van der Waals surface area contributed by atoms with Gasteiger partial charge in [0.25, 0.3) is 0 Å². The summed E-state index contributed by atoms with van der Waals surface area (Å²) in [4.78, 5) is 33.9. The van der Waals surface area contributed by atoms with Crippen LogP contribution in [-0.2, 0) is 22.7 Å². The van der Waals surface area contributed by atoms with E-state index in [0.717, 1.165) is 55.4 Å². The molecule has 1 unspecified atom stereocenters. The second-order valence-corrected chi connectivity index (χ2v) is 11.8. The number of carbonyl (C=O) groups excluding carboxylic acids is 2. The molecule has 0 spiro atoms. The van der Waals surface area contributed by atoms with Gasteiger partial charge in [0.15, 0.2) is 0 Å². The number of nitrogens with zero attached hydrogens (tertiary/aromatic N) is 3. The quantitative estimate of drug-likeness (QED) is 0.259. The molecule has 4 aromatic carbocycles. The highest BCUT2D eigenvalue weighted by Crippen LogP contribution is 2.33. The van der Waals surface area contributed by atoms with E-state index < -0.39 is 0 Å². The van der Waals surface area contributed by atoms with E-state index in [1.165, 1.54) is 36.1 Å². The van der Waals surface area contributed by atoms with Gasteiger partial charge in [-0.05, 0) is 41.5 Å². The first-order valence-corrected chi connectivity index (χ1v) is 15.6. The fraction of sp³-hybridized carbons (Fsp3) is 0.351. The van der Waals surface area contributed by atoms with E-state index >= 15 is 0 Å². The van der Waals surface area contributed by atoms with Crippen LogP contribution in [0.25, 0.3) is 10.8 Å². The predicted molar refractivity (Wildman–Crippen MR) is 171 cm³/mol. The van der Waals surface area contributed by atoms with Gasteiger partial charge in [-0.2, -0.15) is 0 Å². The highest BCUT2D eigenvalue weighted by molar-refractivity contribution is 6.07. The smallest absolute Gasteiger partial charge is 0.228 e. The molecule has 2 heterocycles. The van der Waals surface area contributed by atoms with Gasteiger partial charge in [0, 0.05) is 50.2 Å². The van der Waals surface area contributed by atoms with Crippen LogP contribution in [0.5, 0.6) is 0 Å². The molecule has 0 aromatic heterocycles. The van der Waals surface area contributed by atoms with Gasteiger partial charge in [0.2, 0.25) is 11.8 Å². The number of hydrogen-bond acceptors (Lipinski definition) is 3. The minimum Gasteiger partial charge on any atom is -0.367 e. The second-order valence-electron chi connectivity index (χ2n) is 11.8. The number of fused-ring (bicyclic) bond motifs is 2. The zero-order chi connectivity index (χ0) is 28.7. The van der Waals surface area contributed by atoms with Crippen LogP contribution in [0.2, 0.25) is 0 Å². The van der Waals surface area contributed by atoms with Crippen molar-refractivity contribution < 1.29 is 9.59 Å². The summed E-state index contributed by atoms with van der Waals surface area (Å²) in [6.45, 7) is 3.58. The van der Waals surface area contributed by atoms with Crippen LogP contribution in [0.15, 0.2) is 97.1 Å². The van der Waals surface area contributed by atoms with E-state index in [1.54, 1.807) is 0 Å². The molecule has 1 atom stereocenters. The minimum atomic E-state index is -0.334. The van der Waals surface area contributed by atoms with Crippen molar-refractivity contribution in [2.24, 2.45) is 5.92 Å². The molecule has 6 rings (SSSR count). The maximum absolute atomic E-state index is 14.2. The van der Waals surface area contributed by atoms with Crippen molar-refractivity contribution in [3.05, 3.63) is 108 Å². The van der Waals surface area contributed by atoms with Gasteiger partial charge in [-0.3, -0.25) is 9.59 Å². The van der Waals surface area contributed by atoms with Crippen LogP contribution in [-0.4, -0.2) is 36.3 Å². The second kappa shape index (κ2) is 13.2. The van der Waals surface area contributed by atoms with E-state index in [2.05, 4.69) is 77.7 Å². The molecule has 2 aliphatic rings. The Bertz CT molecular complexity index is 1510. The molecule has 2 aliphatic heterocycles. The van der Waals surface area contributed by atoms with Crippen molar-refractivity contribution in [2.45, 2.75) is 58.0 Å². The van der Waals surface area contributed by atoms with Crippen LogP contribution < -0.4 is 9.80 Å². The number of rotatable bonds is 4. The Kier molecular flexibility index (Phi) is 8.83. The van der Waals surface area contributed by atoms with Gasteiger partial charge in [-0.15, -0.1) is 0 Å². The van der Waals surface area contributed by atoms with Crippen LogP contribution in [0, 0.1) is 5.92 Å². The van der Waals surface area contributed by atoms with Crippen molar-refractivity contribution in [1.29, 1.82) is 0 Å². The fourth-order valence-corrected chi connectivity index (χ4v) is 6.63. The Morgan fingerprint density at radius 2 is 1.36 bits per heavy atom. The Morgan fingerprint density at radius 1 is 0.690 bits per heavy atom. The lowest BCUT2D eigenvalue weighted by Gasteiger charge is -2.31.